The molecule has 1 saturated heterocycles. The van der Waals surface area contributed by atoms with Crippen LogP contribution >= 0.6 is 0 Å². The highest BCUT2D eigenvalue weighted by Crippen LogP contribution is 2.29. The third-order valence-electron chi connectivity index (χ3n) is 7.16. The van der Waals surface area contributed by atoms with E-state index in [4.69, 9.17) is 9.15 Å². The van der Waals surface area contributed by atoms with E-state index in [1.54, 1.807) is 28.0 Å². The minimum atomic E-state index is -3.85. The van der Waals surface area contributed by atoms with Gasteiger partial charge in [0.2, 0.25) is 20.9 Å². The zero-order chi connectivity index (χ0) is 25.8. The van der Waals surface area contributed by atoms with Crippen molar-refractivity contribution in [2.45, 2.75) is 75.2 Å². The van der Waals surface area contributed by atoms with Gasteiger partial charge in [-0.05, 0) is 55.5 Å². The average molecular weight is 530 g/mol. The first-order chi connectivity index (χ1) is 17.9. The maximum atomic E-state index is 13.5. The Labute approximate surface area is 216 Å². The van der Waals surface area contributed by atoms with Crippen molar-refractivity contribution in [3.63, 3.8) is 0 Å². The minimum Gasteiger partial charge on any atom is -0.467 e. The summed E-state index contributed by atoms with van der Waals surface area (Å²) in [6.45, 7) is 1.48. The summed E-state index contributed by atoms with van der Waals surface area (Å²) >= 11 is 0. The fourth-order valence-electron chi connectivity index (χ4n) is 5.25. The maximum absolute atomic E-state index is 13.5. The summed E-state index contributed by atoms with van der Waals surface area (Å²) in [5, 5.41) is -0.0615. The summed E-state index contributed by atoms with van der Waals surface area (Å²) in [5.41, 5.74) is 1.11. The molecule has 5 rings (SSSR count). The van der Waals surface area contributed by atoms with Gasteiger partial charge in [0.1, 0.15) is 11.6 Å². The van der Waals surface area contributed by atoms with Gasteiger partial charge in [-0.2, -0.15) is 0 Å². The summed E-state index contributed by atoms with van der Waals surface area (Å²) in [6, 6.07) is 9.04. The third-order valence-corrected chi connectivity index (χ3v) is 8.75. The maximum Gasteiger partial charge on any atom is 0.228 e. The van der Waals surface area contributed by atoms with Crippen LogP contribution in [0.4, 0.5) is 4.39 Å². The Morgan fingerprint density at radius 2 is 1.86 bits per heavy atom. The van der Waals surface area contributed by atoms with Crippen LogP contribution < -0.4 is 0 Å². The summed E-state index contributed by atoms with van der Waals surface area (Å²) in [5.74, 6) is -0.0416. The number of hydrogen-bond donors (Lipinski definition) is 0. The molecule has 2 fully saturated rings. The lowest BCUT2D eigenvalue weighted by Crippen LogP contribution is -2.35. The first-order valence-electron chi connectivity index (χ1n) is 12.8. The molecule has 1 aromatic carbocycles. The van der Waals surface area contributed by atoms with Crippen molar-refractivity contribution < 1.29 is 26.8 Å². The van der Waals surface area contributed by atoms with E-state index >= 15 is 0 Å². The number of aromatic nitrogens is 2. The van der Waals surface area contributed by atoms with Crippen LogP contribution in [0.5, 0.6) is 0 Å². The number of hydrogen-bond acceptors (Lipinski definition) is 6. The third kappa shape index (κ3) is 6.13. The molecule has 198 valence electrons. The fourth-order valence-corrected chi connectivity index (χ4v) is 6.75. The Hall–Kier alpha value is -2.98. The highest BCUT2D eigenvalue weighted by Gasteiger charge is 2.31. The van der Waals surface area contributed by atoms with Gasteiger partial charge < -0.3 is 18.6 Å². The molecule has 1 aliphatic carbocycles. The molecule has 1 atom stereocenters. The molecular weight excluding hydrogens is 497 g/mol. The van der Waals surface area contributed by atoms with E-state index in [1.807, 2.05) is 6.07 Å². The second kappa shape index (κ2) is 11.2. The molecule has 0 N–H and O–H groups in total. The van der Waals surface area contributed by atoms with Crippen LogP contribution in [-0.4, -0.2) is 41.5 Å². The van der Waals surface area contributed by atoms with Crippen LogP contribution in [0.2, 0.25) is 0 Å². The van der Waals surface area contributed by atoms with Crippen LogP contribution in [0.1, 0.15) is 55.5 Å². The number of carbonyl (C=O) groups excluding carboxylic acids is 1. The topological polar surface area (TPSA) is 94.6 Å². The Morgan fingerprint density at radius 3 is 2.54 bits per heavy atom. The van der Waals surface area contributed by atoms with Gasteiger partial charge in [0, 0.05) is 12.5 Å². The van der Waals surface area contributed by atoms with Gasteiger partial charge in [-0.3, -0.25) is 4.79 Å². The Morgan fingerprint density at radius 1 is 1.08 bits per heavy atom. The molecule has 2 aromatic heterocycles. The highest BCUT2D eigenvalue weighted by molar-refractivity contribution is 7.90. The molecule has 0 radical (unpaired) electrons. The second-order valence-corrected chi connectivity index (χ2v) is 11.8. The zero-order valence-electron chi connectivity index (χ0n) is 20.7. The highest BCUT2D eigenvalue weighted by atomic mass is 32.2. The number of imidazole rings is 1. The number of carbonyl (C=O) groups is 1. The summed E-state index contributed by atoms with van der Waals surface area (Å²) in [4.78, 5) is 19.6. The number of sulfone groups is 1. The summed E-state index contributed by atoms with van der Waals surface area (Å²) in [6.07, 6.45) is 8.53. The van der Waals surface area contributed by atoms with Gasteiger partial charge in [-0.1, -0.05) is 25.0 Å². The Kier molecular flexibility index (Phi) is 7.76. The smallest absolute Gasteiger partial charge is 0.228 e. The van der Waals surface area contributed by atoms with Crippen molar-refractivity contribution in [1.29, 1.82) is 0 Å². The molecule has 3 heterocycles. The quantitative estimate of drug-likeness (QED) is 0.384. The Balaban J connectivity index is 1.45. The van der Waals surface area contributed by atoms with Gasteiger partial charge in [0.05, 0.1) is 49.6 Å². The van der Waals surface area contributed by atoms with Crippen LogP contribution in [-0.2, 0) is 44.8 Å². The second-order valence-electron chi connectivity index (χ2n) is 9.92. The monoisotopic (exact) mass is 529 g/mol. The molecule has 3 aromatic rings. The number of amides is 1. The molecule has 1 unspecified atom stereocenters. The van der Waals surface area contributed by atoms with Gasteiger partial charge in [0.15, 0.2) is 0 Å². The number of nitrogens with zero attached hydrogens (tertiary/aromatic N) is 3. The van der Waals surface area contributed by atoms with E-state index in [1.165, 1.54) is 24.3 Å². The minimum absolute atomic E-state index is 0.0359. The molecule has 0 bridgehead atoms. The molecule has 37 heavy (non-hydrogen) atoms. The van der Waals surface area contributed by atoms with E-state index in [9.17, 15) is 17.6 Å². The average Bonchev–Trinajstić information content (AvgIpc) is 3.69. The largest absolute Gasteiger partial charge is 0.467 e. The predicted octanol–water partition coefficient (Wildman–Crippen LogP) is 4.49. The van der Waals surface area contributed by atoms with E-state index in [-0.39, 0.29) is 35.4 Å². The first-order valence-corrected chi connectivity index (χ1v) is 14.5. The first kappa shape index (κ1) is 25.7. The van der Waals surface area contributed by atoms with Gasteiger partial charge in [-0.15, -0.1) is 0 Å². The van der Waals surface area contributed by atoms with Crippen LogP contribution in [0.3, 0.4) is 0 Å². The number of furan rings is 1. The van der Waals surface area contributed by atoms with Gasteiger partial charge in [0.25, 0.3) is 0 Å². The van der Waals surface area contributed by atoms with Crippen molar-refractivity contribution in [3.05, 3.63) is 71.7 Å². The molecule has 2 aliphatic rings. The SMILES string of the molecule is O=C(C1CCCC1)N(Cc1ccco1)Cc1cnc(S(=O)(=O)Cc2ccc(F)cc2)n1CC1CCCO1. The van der Waals surface area contributed by atoms with Gasteiger partial charge >= 0.3 is 0 Å². The van der Waals surface area contributed by atoms with E-state index < -0.39 is 15.7 Å². The van der Waals surface area contributed by atoms with Crippen LogP contribution in [0, 0.1) is 11.7 Å². The lowest BCUT2D eigenvalue weighted by molar-refractivity contribution is -0.137. The Bertz CT molecular complexity index is 1290. The van der Waals surface area contributed by atoms with E-state index in [0.717, 1.165) is 38.5 Å². The van der Waals surface area contributed by atoms with Crippen LogP contribution in [0.15, 0.2) is 58.4 Å². The summed E-state index contributed by atoms with van der Waals surface area (Å²) < 4.78 is 53.3. The van der Waals surface area contributed by atoms with E-state index in [0.29, 0.717) is 36.7 Å². The van der Waals surface area contributed by atoms with Crippen molar-refractivity contribution in [2.24, 2.45) is 5.92 Å². The fraction of sp³-hybridized carbons (Fsp3) is 0.481. The molecule has 1 saturated carbocycles. The number of rotatable bonds is 10. The molecular formula is C27H32FN3O5S. The van der Waals surface area contributed by atoms with Crippen molar-refractivity contribution in [1.82, 2.24) is 14.5 Å². The summed E-state index contributed by atoms with van der Waals surface area (Å²) in [7, 11) is -3.85. The van der Waals surface area contributed by atoms with Crippen molar-refractivity contribution in [2.75, 3.05) is 6.61 Å². The van der Waals surface area contributed by atoms with Crippen molar-refractivity contribution >= 4 is 15.7 Å². The lowest BCUT2D eigenvalue weighted by atomic mass is 10.1. The number of ether oxygens (including phenoxy) is 1. The number of halogens is 1. The van der Waals surface area contributed by atoms with E-state index in [2.05, 4.69) is 4.98 Å². The van der Waals surface area contributed by atoms with Crippen LogP contribution in [0.25, 0.3) is 0 Å². The predicted molar refractivity (Wildman–Crippen MR) is 133 cm³/mol. The molecule has 0 spiro atoms. The zero-order valence-corrected chi connectivity index (χ0v) is 21.5. The number of benzene rings is 1. The molecule has 1 aliphatic heterocycles. The van der Waals surface area contributed by atoms with Crippen molar-refractivity contribution in [3.8, 4) is 0 Å². The van der Waals surface area contributed by atoms with Gasteiger partial charge in [-0.25, -0.2) is 17.8 Å². The molecule has 10 heteroatoms. The molecule has 8 nitrogen and oxygen atoms in total. The standard InChI is InChI=1S/C27H32FN3O5S/c28-22-11-9-20(10-12-22)19-37(33,34)27-29-15-23(31(27)18-25-8-4-14-36-25)16-30(17-24-7-3-13-35-24)26(32)21-5-1-2-6-21/h3,7,9-13,15,21,25H,1-2,4-6,8,14,16-19H2. The normalized spacial score (nSPS) is 18.5. The lowest BCUT2D eigenvalue weighted by Gasteiger charge is -2.26. The molecule has 1 amide bonds.